The lowest BCUT2D eigenvalue weighted by Gasteiger charge is -2.30. The molecule has 1 saturated carbocycles. The third kappa shape index (κ3) is 5.18. The number of para-hydroxylation sites is 1. The van der Waals surface area contributed by atoms with E-state index in [2.05, 4.69) is 31.0 Å². The molecule has 2 atom stereocenters. The molecule has 2 aromatic heterocycles. The molecule has 0 saturated heterocycles. The highest BCUT2D eigenvalue weighted by atomic mass is 35.5. The molecule has 2 heterocycles. The van der Waals surface area contributed by atoms with Gasteiger partial charge in [-0.2, -0.15) is 5.26 Å². The summed E-state index contributed by atoms with van der Waals surface area (Å²) < 4.78 is 47.8. The van der Waals surface area contributed by atoms with Crippen LogP contribution in [0.1, 0.15) is 43.4 Å². The minimum absolute atomic E-state index is 0.0584. The molecule has 0 spiro atoms. The number of benzene rings is 1. The molecule has 0 aliphatic heterocycles. The van der Waals surface area contributed by atoms with Crippen LogP contribution in [0.25, 0.3) is 5.69 Å². The first-order valence-corrected chi connectivity index (χ1v) is 13.2. The van der Waals surface area contributed by atoms with Crippen LogP contribution >= 0.6 is 11.6 Å². The standard InChI is InChI=1S/C23H26ClN7O5S/c1-13(20(36-4)21-26-11-16(24)12-27-21)37(32,33)30-23-29-28-22(15-8-14(9-15)10-25)31(23)19-17(34-2)6-5-7-18(19)35-3/h5-7,11-15,20H,8-9H2,1-4H3,(H,29,30)/t13?,14-,15-,20?. The maximum Gasteiger partial charge on any atom is 0.243 e. The molecule has 12 nitrogen and oxygen atoms in total. The van der Waals surface area contributed by atoms with Gasteiger partial charge in [0.05, 0.1) is 25.3 Å². The summed E-state index contributed by atoms with van der Waals surface area (Å²) in [5, 5.41) is 16.9. The SMILES string of the molecule is COc1cccc(OC)c1-n1c(NS(=O)(=O)C(C)C(OC)c2ncc(Cl)cn2)nnc1[C@H]1C[C@H](C#N)C1. The lowest BCUT2D eigenvalue weighted by atomic mass is 9.75. The molecule has 1 fully saturated rings. The Bertz CT molecular complexity index is 1380. The number of sulfonamides is 1. The van der Waals surface area contributed by atoms with E-state index < -0.39 is 21.4 Å². The van der Waals surface area contributed by atoms with Gasteiger partial charge in [-0.1, -0.05) is 17.7 Å². The number of anilines is 1. The van der Waals surface area contributed by atoms with Gasteiger partial charge >= 0.3 is 0 Å². The summed E-state index contributed by atoms with van der Waals surface area (Å²) in [6, 6.07) is 7.45. The van der Waals surface area contributed by atoms with Gasteiger partial charge in [0, 0.05) is 31.3 Å². The largest absolute Gasteiger partial charge is 0.494 e. The molecule has 14 heteroatoms. The van der Waals surface area contributed by atoms with E-state index in [1.54, 1.807) is 22.8 Å². The number of methoxy groups -OCH3 is 3. The summed E-state index contributed by atoms with van der Waals surface area (Å²) in [5.41, 5.74) is 0.433. The summed E-state index contributed by atoms with van der Waals surface area (Å²) >= 11 is 5.87. The van der Waals surface area contributed by atoms with Crippen LogP contribution in [0.4, 0.5) is 5.95 Å². The fourth-order valence-corrected chi connectivity index (χ4v) is 5.42. The Morgan fingerprint density at radius 1 is 1.14 bits per heavy atom. The van der Waals surface area contributed by atoms with Crippen molar-refractivity contribution in [2.24, 2.45) is 5.92 Å². The van der Waals surface area contributed by atoms with E-state index in [4.69, 9.17) is 25.8 Å². The molecule has 2 unspecified atom stereocenters. The molecule has 3 aromatic rings. The maximum absolute atomic E-state index is 13.5. The number of nitrogens with one attached hydrogen (secondary N) is 1. The molecule has 196 valence electrons. The van der Waals surface area contributed by atoms with E-state index in [1.165, 1.54) is 40.6 Å². The van der Waals surface area contributed by atoms with Crippen molar-refractivity contribution in [3.05, 3.63) is 47.3 Å². The highest BCUT2D eigenvalue weighted by Crippen LogP contribution is 2.44. The minimum Gasteiger partial charge on any atom is -0.494 e. The Labute approximate surface area is 219 Å². The van der Waals surface area contributed by atoms with Crippen LogP contribution in [0, 0.1) is 17.2 Å². The van der Waals surface area contributed by atoms with Crippen LogP contribution in [-0.2, 0) is 14.8 Å². The molecule has 0 amide bonds. The molecular formula is C23H26ClN7O5S. The fraction of sp³-hybridized carbons (Fsp3) is 0.435. The lowest BCUT2D eigenvalue weighted by molar-refractivity contribution is 0.0950. The summed E-state index contributed by atoms with van der Waals surface area (Å²) in [5.74, 6) is 1.24. The van der Waals surface area contributed by atoms with Gasteiger partial charge in [0.2, 0.25) is 16.0 Å². The lowest BCUT2D eigenvalue weighted by Crippen LogP contribution is -2.33. The zero-order chi connectivity index (χ0) is 26.7. The average molecular weight is 548 g/mol. The summed E-state index contributed by atoms with van der Waals surface area (Å²) in [6.45, 7) is 1.48. The first-order chi connectivity index (χ1) is 17.7. The first kappa shape index (κ1) is 26.6. The highest BCUT2D eigenvalue weighted by Gasteiger charge is 2.38. The number of hydrogen-bond acceptors (Lipinski definition) is 10. The number of halogens is 1. The zero-order valence-corrected chi connectivity index (χ0v) is 22.2. The van der Waals surface area contributed by atoms with Crippen LogP contribution in [0.3, 0.4) is 0 Å². The van der Waals surface area contributed by atoms with Gasteiger partial charge in [-0.25, -0.2) is 18.4 Å². The van der Waals surface area contributed by atoms with Crippen LogP contribution in [0.2, 0.25) is 5.02 Å². The Morgan fingerprint density at radius 2 is 1.76 bits per heavy atom. The third-order valence-corrected chi connectivity index (χ3v) is 8.19. The highest BCUT2D eigenvalue weighted by molar-refractivity contribution is 7.93. The van der Waals surface area contributed by atoms with E-state index in [-0.39, 0.29) is 23.6 Å². The Morgan fingerprint density at radius 3 is 2.30 bits per heavy atom. The molecule has 1 aliphatic carbocycles. The topological polar surface area (TPSA) is 154 Å². The van der Waals surface area contributed by atoms with Gasteiger partial charge in [0.25, 0.3) is 0 Å². The molecule has 0 bridgehead atoms. The monoisotopic (exact) mass is 547 g/mol. The summed E-state index contributed by atoms with van der Waals surface area (Å²) in [7, 11) is 0.255. The summed E-state index contributed by atoms with van der Waals surface area (Å²) in [6.07, 6.45) is 2.90. The van der Waals surface area contributed by atoms with E-state index in [0.717, 1.165) is 0 Å². The first-order valence-electron chi connectivity index (χ1n) is 11.3. The second-order valence-corrected chi connectivity index (χ2v) is 11.0. The predicted molar refractivity (Wildman–Crippen MR) is 134 cm³/mol. The number of ether oxygens (including phenoxy) is 3. The number of aromatic nitrogens is 5. The molecule has 0 radical (unpaired) electrons. The Kier molecular flexibility index (Phi) is 7.82. The van der Waals surface area contributed by atoms with Crippen LogP contribution in [-0.4, -0.2) is 59.7 Å². The Hall–Kier alpha value is -3.47. The second kappa shape index (κ2) is 10.9. The zero-order valence-electron chi connectivity index (χ0n) is 20.6. The molecule has 4 rings (SSSR count). The van der Waals surface area contributed by atoms with E-state index in [1.807, 2.05) is 0 Å². The van der Waals surface area contributed by atoms with Gasteiger partial charge in [0.1, 0.15) is 34.4 Å². The van der Waals surface area contributed by atoms with Crippen molar-refractivity contribution in [1.29, 1.82) is 5.26 Å². The van der Waals surface area contributed by atoms with Crippen molar-refractivity contribution in [3.63, 3.8) is 0 Å². The predicted octanol–water partition coefficient (Wildman–Crippen LogP) is 3.26. The third-order valence-electron chi connectivity index (χ3n) is 6.30. The van der Waals surface area contributed by atoms with Crippen molar-refractivity contribution in [2.45, 2.75) is 37.0 Å². The van der Waals surface area contributed by atoms with Crippen molar-refractivity contribution >= 4 is 27.6 Å². The average Bonchev–Trinajstić information content (AvgIpc) is 3.25. The van der Waals surface area contributed by atoms with Gasteiger partial charge in [-0.15, -0.1) is 10.2 Å². The van der Waals surface area contributed by atoms with E-state index in [9.17, 15) is 13.7 Å². The minimum atomic E-state index is -4.11. The van der Waals surface area contributed by atoms with Gasteiger partial charge < -0.3 is 14.2 Å². The molecule has 1 aliphatic rings. The van der Waals surface area contributed by atoms with Gasteiger partial charge in [-0.05, 0) is 31.9 Å². The fourth-order valence-electron chi connectivity index (χ4n) is 4.19. The number of rotatable bonds is 10. The Balaban J connectivity index is 1.76. The van der Waals surface area contributed by atoms with E-state index in [0.29, 0.717) is 40.9 Å². The van der Waals surface area contributed by atoms with Gasteiger partial charge in [-0.3, -0.25) is 9.29 Å². The maximum atomic E-state index is 13.5. The van der Waals surface area contributed by atoms with Gasteiger partial charge in [0.15, 0.2) is 5.82 Å². The van der Waals surface area contributed by atoms with Crippen molar-refractivity contribution in [2.75, 3.05) is 26.1 Å². The number of hydrogen-bond donors (Lipinski definition) is 1. The molecule has 1 N–H and O–H groups in total. The molecular weight excluding hydrogens is 522 g/mol. The second-order valence-electron chi connectivity index (χ2n) is 8.49. The smallest absolute Gasteiger partial charge is 0.243 e. The van der Waals surface area contributed by atoms with Crippen molar-refractivity contribution in [1.82, 2.24) is 24.7 Å². The van der Waals surface area contributed by atoms with Crippen LogP contribution < -0.4 is 14.2 Å². The summed E-state index contributed by atoms with van der Waals surface area (Å²) in [4.78, 5) is 8.22. The van der Waals surface area contributed by atoms with Crippen LogP contribution in [0.5, 0.6) is 11.5 Å². The molecule has 1 aromatic carbocycles. The van der Waals surface area contributed by atoms with E-state index >= 15 is 0 Å². The van der Waals surface area contributed by atoms with Crippen molar-refractivity contribution < 1.29 is 22.6 Å². The molecule has 37 heavy (non-hydrogen) atoms. The number of nitrogens with zero attached hydrogens (tertiary/aromatic N) is 6. The number of nitriles is 1. The quantitative estimate of drug-likeness (QED) is 0.400. The van der Waals surface area contributed by atoms with Crippen molar-refractivity contribution in [3.8, 4) is 23.3 Å². The van der Waals surface area contributed by atoms with Crippen LogP contribution in [0.15, 0.2) is 30.6 Å². The normalized spacial score (nSPS) is 18.8.